The highest BCUT2D eigenvalue weighted by atomic mass is 32.1. The van der Waals surface area contributed by atoms with Crippen molar-refractivity contribution in [3.05, 3.63) is 176 Å². The van der Waals surface area contributed by atoms with Crippen molar-refractivity contribution in [2.75, 3.05) is 4.90 Å². The first-order valence-electron chi connectivity index (χ1n) is 16.6. The molecule has 10 rings (SSSR count). The molecule has 0 N–H and O–H groups in total. The summed E-state index contributed by atoms with van der Waals surface area (Å²) in [6.45, 7) is 0. The number of nitrogens with zero attached hydrogens (tertiary/aromatic N) is 1. The molecule has 230 valence electrons. The van der Waals surface area contributed by atoms with Crippen LogP contribution in [0.3, 0.4) is 0 Å². The molecule has 0 saturated heterocycles. The van der Waals surface area contributed by atoms with E-state index in [2.05, 4.69) is 181 Å². The van der Waals surface area contributed by atoms with Gasteiger partial charge in [-0.2, -0.15) is 0 Å². The number of hydrogen-bond donors (Lipinski definition) is 0. The molecule has 0 aliphatic rings. The standard InChI is InChI=1S/C46H29NOS/c1-3-11-30(12-4-1)31-21-24-34(25-22-31)47(40-19-10-18-38-37-16-7-8-20-43(37)49-46(38)40)35-26-27-39-42(29-35)48-41-28-23-33-15-9-17-36(44(33)45(39)41)32-13-5-2-6-14-32/h1-29H. The summed E-state index contributed by atoms with van der Waals surface area (Å²) in [6.07, 6.45) is 0. The van der Waals surface area contributed by atoms with Gasteiger partial charge in [-0.15, -0.1) is 11.3 Å². The van der Waals surface area contributed by atoms with Crippen molar-refractivity contribution >= 4 is 81.3 Å². The van der Waals surface area contributed by atoms with E-state index < -0.39 is 0 Å². The molecule has 0 spiro atoms. The number of furan rings is 1. The van der Waals surface area contributed by atoms with Crippen LogP contribution in [0, 0.1) is 0 Å². The molecular formula is C46H29NOS. The van der Waals surface area contributed by atoms with Gasteiger partial charge in [0.2, 0.25) is 0 Å². The first-order chi connectivity index (χ1) is 24.3. The average molecular weight is 644 g/mol. The normalized spacial score (nSPS) is 11.7. The lowest BCUT2D eigenvalue weighted by Crippen LogP contribution is -2.10. The number of hydrogen-bond acceptors (Lipinski definition) is 3. The second-order valence-corrected chi connectivity index (χ2v) is 13.5. The lowest BCUT2D eigenvalue weighted by molar-refractivity contribution is 0.669. The van der Waals surface area contributed by atoms with Crippen LogP contribution in [0.5, 0.6) is 0 Å². The molecule has 0 aliphatic carbocycles. The van der Waals surface area contributed by atoms with Crippen molar-refractivity contribution in [1.82, 2.24) is 0 Å². The zero-order valence-corrected chi connectivity index (χ0v) is 27.3. The highest BCUT2D eigenvalue weighted by Crippen LogP contribution is 2.47. The van der Waals surface area contributed by atoms with E-state index in [9.17, 15) is 0 Å². The largest absolute Gasteiger partial charge is 0.456 e. The van der Waals surface area contributed by atoms with E-state index in [0.29, 0.717) is 0 Å². The van der Waals surface area contributed by atoms with Gasteiger partial charge in [0.05, 0.1) is 10.4 Å². The Labute approximate surface area is 287 Å². The maximum atomic E-state index is 6.70. The van der Waals surface area contributed by atoms with Gasteiger partial charge in [0, 0.05) is 49.1 Å². The lowest BCUT2D eigenvalue weighted by Gasteiger charge is -2.26. The predicted octanol–water partition coefficient (Wildman–Crippen LogP) is 13.9. The molecule has 3 heteroatoms. The minimum absolute atomic E-state index is 0.872. The van der Waals surface area contributed by atoms with Gasteiger partial charge in [0.25, 0.3) is 0 Å². The van der Waals surface area contributed by atoms with E-state index in [-0.39, 0.29) is 0 Å². The van der Waals surface area contributed by atoms with Gasteiger partial charge in [-0.25, -0.2) is 0 Å². The Morgan fingerprint density at radius 1 is 0.429 bits per heavy atom. The van der Waals surface area contributed by atoms with Crippen molar-refractivity contribution in [2.24, 2.45) is 0 Å². The Morgan fingerprint density at radius 3 is 1.96 bits per heavy atom. The highest BCUT2D eigenvalue weighted by molar-refractivity contribution is 7.26. The second kappa shape index (κ2) is 11.2. The summed E-state index contributed by atoms with van der Waals surface area (Å²) in [6, 6.07) is 63.0. The van der Waals surface area contributed by atoms with E-state index in [4.69, 9.17) is 4.42 Å². The van der Waals surface area contributed by atoms with Crippen LogP contribution < -0.4 is 4.90 Å². The van der Waals surface area contributed by atoms with Crippen molar-refractivity contribution in [1.29, 1.82) is 0 Å². The van der Waals surface area contributed by atoms with Crippen molar-refractivity contribution in [3.63, 3.8) is 0 Å². The van der Waals surface area contributed by atoms with Gasteiger partial charge in [-0.05, 0) is 70.1 Å². The Balaban J connectivity index is 1.20. The molecule has 0 saturated carbocycles. The minimum atomic E-state index is 0.872. The second-order valence-electron chi connectivity index (χ2n) is 12.5. The van der Waals surface area contributed by atoms with Gasteiger partial charge >= 0.3 is 0 Å². The predicted molar refractivity (Wildman–Crippen MR) is 210 cm³/mol. The van der Waals surface area contributed by atoms with Gasteiger partial charge in [-0.3, -0.25) is 0 Å². The van der Waals surface area contributed by atoms with Crippen LogP contribution in [0.1, 0.15) is 0 Å². The molecule has 49 heavy (non-hydrogen) atoms. The first-order valence-corrected chi connectivity index (χ1v) is 17.4. The van der Waals surface area contributed by atoms with Crippen LogP contribution >= 0.6 is 11.3 Å². The molecule has 0 unspecified atom stereocenters. The van der Waals surface area contributed by atoms with Crippen LogP contribution in [0.4, 0.5) is 17.1 Å². The third kappa shape index (κ3) is 4.55. The molecule has 2 nitrogen and oxygen atoms in total. The molecule has 10 aromatic rings. The fourth-order valence-electron chi connectivity index (χ4n) is 7.40. The molecule has 0 bridgehead atoms. The molecular weight excluding hydrogens is 615 g/mol. The van der Waals surface area contributed by atoms with E-state index in [1.165, 1.54) is 53.2 Å². The Morgan fingerprint density at radius 2 is 1.12 bits per heavy atom. The number of thiophene rings is 1. The molecule has 0 fully saturated rings. The monoisotopic (exact) mass is 643 g/mol. The molecule has 2 aromatic heterocycles. The maximum Gasteiger partial charge on any atom is 0.137 e. The summed E-state index contributed by atoms with van der Waals surface area (Å²) in [4.78, 5) is 2.38. The molecule has 8 aromatic carbocycles. The smallest absolute Gasteiger partial charge is 0.137 e. The first kappa shape index (κ1) is 27.9. The maximum absolute atomic E-state index is 6.70. The summed E-state index contributed by atoms with van der Waals surface area (Å²) in [5, 5.41) is 7.26. The van der Waals surface area contributed by atoms with Crippen molar-refractivity contribution < 1.29 is 4.42 Å². The summed E-state index contributed by atoms with van der Waals surface area (Å²) in [5.41, 5.74) is 9.88. The zero-order valence-electron chi connectivity index (χ0n) is 26.5. The summed E-state index contributed by atoms with van der Waals surface area (Å²) in [5.74, 6) is 0. The summed E-state index contributed by atoms with van der Waals surface area (Å²) >= 11 is 1.85. The number of fused-ring (bicyclic) bond motifs is 8. The van der Waals surface area contributed by atoms with Crippen LogP contribution in [-0.4, -0.2) is 0 Å². The van der Waals surface area contributed by atoms with Gasteiger partial charge in [0.15, 0.2) is 0 Å². The van der Waals surface area contributed by atoms with Gasteiger partial charge in [0.1, 0.15) is 11.2 Å². The highest BCUT2D eigenvalue weighted by Gasteiger charge is 2.21. The zero-order chi connectivity index (χ0) is 32.3. The van der Waals surface area contributed by atoms with Crippen LogP contribution in [0.25, 0.3) is 75.1 Å². The van der Waals surface area contributed by atoms with Crippen LogP contribution in [0.2, 0.25) is 0 Å². The third-order valence-corrected chi connectivity index (χ3v) is 10.9. The summed E-state index contributed by atoms with van der Waals surface area (Å²) in [7, 11) is 0. The van der Waals surface area contributed by atoms with Gasteiger partial charge in [-0.1, -0.05) is 127 Å². The molecule has 0 aliphatic heterocycles. The Kier molecular flexibility index (Phi) is 6.39. The van der Waals surface area contributed by atoms with Gasteiger partial charge < -0.3 is 9.32 Å². The fourth-order valence-corrected chi connectivity index (χ4v) is 8.61. The molecule has 0 amide bonds. The number of benzene rings is 8. The molecule has 0 atom stereocenters. The third-order valence-electron chi connectivity index (χ3n) is 9.66. The molecule has 0 radical (unpaired) electrons. The molecule has 2 heterocycles. The van der Waals surface area contributed by atoms with Crippen molar-refractivity contribution in [3.8, 4) is 22.3 Å². The summed E-state index contributed by atoms with van der Waals surface area (Å²) < 4.78 is 9.26. The number of anilines is 3. The fraction of sp³-hybridized carbons (Fsp3) is 0. The van der Waals surface area contributed by atoms with Crippen molar-refractivity contribution in [2.45, 2.75) is 0 Å². The SMILES string of the molecule is c1ccc(-c2ccc(N(c3ccc4c(c3)oc3ccc5cccc(-c6ccccc6)c5c34)c3cccc4c3sc3ccccc34)cc2)cc1. The minimum Gasteiger partial charge on any atom is -0.456 e. The Bertz CT molecular complexity index is 2810. The quantitative estimate of drug-likeness (QED) is 0.186. The lowest BCUT2D eigenvalue weighted by atomic mass is 9.94. The average Bonchev–Trinajstić information content (AvgIpc) is 3.74. The van der Waals surface area contributed by atoms with E-state index >= 15 is 0 Å². The number of rotatable bonds is 5. The Hall–Kier alpha value is -6.16. The topological polar surface area (TPSA) is 16.4 Å². The van der Waals surface area contributed by atoms with E-state index in [0.717, 1.165) is 39.0 Å². The van der Waals surface area contributed by atoms with Crippen LogP contribution in [0.15, 0.2) is 180 Å². The van der Waals surface area contributed by atoms with E-state index in [1.807, 2.05) is 11.3 Å². The van der Waals surface area contributed by atoms with E-state index in [1.54, 1.807) is 0 Å². The van der Waals surface area contributed by atoms with Crippen LogP contribution in [-0.2, 0) is 0 Å².